The van der Waals surface area contributed by atoms with Gasteiger partial charge >= 0.3 is 0 Å². The van der Waals surface area contributed by atoms with Crippen LogP contribution in [0, 0.1) is 13.8 Å². The fraction of sp³-hybridized carbons (Fsp3) is 0.368. The number of furan rings is 1. The topological polar surface area (TPSA) is 68.7 Å². The van der Waals surface area contributed by atoms with Crippen LogP contribution in [0.1, 0.15) is 46.5 Å². The minimum atomic E-state index is -0.107. The average Bonchev–Trinajstić information content (AvgIpc) is 3.32. The summed E-state index contributed by atoms with van der Waals surface area (Å²) in [7, 11) is 1.61. The smallest absolute Gasteiger partial charge is 0.290 e. The number of aromatic nitrogens is 1. The zero-order chi connectivity index (χ0) is 17.6. The molecule has 6 nitrogen and oxygen atoms in total. The number of hydrogen-bond donors (Lipinski definition) is 0. The van der Waals surface area contributed by atoms with Crippen LogP contribution in [0.3, 0.4) is 0 Å². The number of amides is 1. The van der Waals surface area contributed by atoms with Gasteiger partial charge in [0.2, 0.25) is 0 Å². The highest BCUT2D eigenvalue weighted by atomic mass is 16.5. The van der Waals surface area contributed by atoms with Crippen molar-refractivity contribution in [2.75, 3.05) is 13.7 Å². The Morgan fingerprint density at radius 2 is 2.16 bits per heavy atom. The molecule has 130 valence electrons. The molecule has 3 aromatic rings. The summed E-state index contributed by atoms with van der Waals surface area (Å²) >= 11 is 0. The van der Waals surface area contributed by atoms with E-state index in [1.165, 1.54) is 0 Å². The highest BCUT2D eigenvalue weighted by Crippen LogP contribution is 2.36. The van der Waals surface area contributed by atoms with Gasteiger partial charge in [-0.3, -0.25) is 4.79 Å². The van der Waals surface area contributed by atoms with Crippen LogP contribution in [0.2, 0.25) is 0 Å². The Hall–Kier alpha value is -2.76. The SMILES string of the molecule is COc1ccc2c(C)c(C(=O)N3CCC[C@@H]3c3cc(C)no3)oc2c1. The maximum atomic E-state index is 13.1. The van der Waals surface area contributed by atoms with Gasteiger partial charge in [-0.2, -0.15) is 0 Å². The fourth-order valence-corrected chi connectivity index (χ4v) is 3.51. The summed E-state index contributed by atoms with van der Waals surface area (Å²) in [6.07, 6.45) is 1.80. The van der Waals surface area contributed by atoms with Crippen LogP contribution in [0.15, 0.2) is 33.2 Å². The number of aryl methyl sites for hydroxylation is 2. The van der Waals surface area contributed by atoms with Crippen molar-refractivity contribution in [3.63, 3.8) is 0 Å². The molecule has 3 heterocycles. The van der Waals surface area contributed by atoms with E-state index in [0.717, 1.165) is 35.2 Å². The molecule has 0 aliphatic carbocycles. The van der Waals surface area contributed by atoms with Crippen molar-refractivity contribution in [1.29, 1.82) is 0 Å². The molecule has 0 radical (unpaired) electrons. The summed E-state index contributed by atoms with van der Waals surface area (Å²) in [5.41, 5.74) is 2.33. The Labute approximate surface area is 145 Å². The number of hydrogen-bond acceptors (Lipinski definition) is 5. The van der Waals surface area contributed by atoms with Crippen molar-refractivity contribution < 1.29 is 18.5 Å². The second-order valence-electron chi connectivity index (χ2n) is 6.45. The van der Waals surface area contributed by atoms with E-state index in [0.29, 0.717) is 23.6 Å². The Bertz CT molecular complexity index is 940. The van der Waals surface area contributed by atoms with Crippen LogP contribution in [0.5, 0.6) is 5.75 Å². The highest BCUT2D eigenvalue weighted by Gasteiger charge is 2.35. The summed E-state index contributed by atoms with van der Waals surface area (Å²) in [6.45, 7) is 4.48. The lowest BCUT2D eigenvalue weighted by atomic mass is 10.1. The zero-order valence-corrected chi connectivity index (χ0v) is 14.5. The predicted octanol–water partition coefficient (Wildman–Crippen LogP) is 4.02. The van der Waals surface area contributed by atoms with E-state index in [1.807, 2.05) is 36.9 Å². The Balaban J connectivity index is 1.70. The molecule has 25 heavy (non-hydrogen) atoms. The third kappa shape index (κ3) is 2.58. The molecule has 0 spiro atoms. The standard InChI is InChI=1S/C19H20N2O4/c1-11-9-17(25-20-11)15-5-4-8-21(15)19(22)18-12(2)14-7-6-13(23-3)10-16(14)24-18/h6-7,9-10,15H,4-5,8H2,1-3H3/t15-/m1/s1. The third-order valence-electron chi connectivity index (χ3n) is 4.83. The molecule has 0 saturated carbocycles. The van der Waals surface area contributed by atoms with E-state index in [-0.39, 0.29) is 11.9 Å². The Morgan fingerprint density at radius 1 is 1.32 bits per heavy atom. The summed E-state index contributed by atoms with van der Waals surface area (Å²) in [5, 5.41) is 4.88. The number of ether oxygens (including phenoxy) is 1. The lowest BCUT2D eigenvalue weighted by Gasteiger charge is -2.21. The monoisotopic (exact) mass is 340 g/mol. The van der Waals surface area contributed by atoms with Crippen molar-refractivity contribution in [3.05, 3.63) is 47.0 Å². The molecule has 1 atom stereocenters. The van der Waals surface area contributed by atoms with Crippen molar-refractivity contribution in [2.24, 2.45) is 0 Å². The molecular formula is C19H20N2O4. The number of methoxy groups -OCH3 is 1. The van der Waals surface area contributed by atoms with Gasteiger partial charge in [-0.1, -0.05) is 5.16 Å². The van der Waals surface area contributed by atoms with Gasteiger partial charge in [-0.25, -0.2) is 0 Å². The predicted molar refractivity (Wildman–Crippen MR) is 91.8 cm³/mol. The Morgan fingerprint density at radius 3 is 2.88 bits per heavy atom. The molecule has 0 N–H and O–H groups in total. The lowest BCUT2D eigenvalue weighted by molar-refractivity contribution is 0.0683. The molecule has 1 fully saturated rings. The second kappa shape index (κ2) is 5.95. The van der Waals surface area contributed by atoms with Gasteiger partial charge in [0.15, 0.2) is 11.5 Å². The van der Waals surface area contributed by atoms with Crippen molar-refractivity contribution in [1.82, 2.24) is 10.1 Å². The van der Waals surface area contributed by atoms with Gasteiger partial charge in [0.1, 0.15) is 11.3 Å². The van der Waals surface area contributed by atoms with Gasteiger partial charge in [-0.15, -0.1) is 0 Å². The summed E-state index contributed by atoms with van der Waals surface area (Å²) in [5.74, 6) is 1.71. The number of carbonyl (C=O) groups is 1. The van der Waals surface area contributed by atoms with Gasteiger partial charge < -0.3 is 18.6 Å². The van der Waals surface area contributed by atoms with Crippen LogP contribution < -0.4 is 4.74 Å². The van der Waals surface area contributed by atoms with E-state index in [1.54, 1.807) is 13.2 Å². The van der Waals surface area contributed by atoms with Gasteiger partial charge in [0, 0.05) is 29.6 Å². The van der Waals surface area contributed by atoms with Crippen LogP contribution in [-0.2, 0) is 0 Å². The molecule has 1 saturated heterocycles. The summed E-state index contributed by atoms with van der Waals surface area (Å²) < 4.78 is 16.5. The second-order valence-corrected chi connectivity index (χ2v) is 6.45. The minimum absolute atomic E-state index is 0.0872. The molecule has 1 aliphatic heterocycles. The third-order valence-corrected chi connectivity index (χ3v) is 4.83. The van der Waals surface area contributed by atoms with Gasteiger partial charge in [0.25, 0.3) is 5.91 Å². The van der Waals surface area contributed by atoms with E-state index in [4.69, 9.17) is 13.7 Å². The molecule has 1 aliphatic rings. The lowest BCUT2D eigenvalue weighted by Crippen LogP contribution is -2.30. The van der Waals surface area contributed by atoms with Crippen LogP contribution in [0.25, 0.3) is 11.0 Å². The summed E-state index contributed by atoms with van der Waals surface area (Å²) in [6, 6.07) is 7.41. The molecule has 4 rings (SSSR count). The molecular weight excluding hydrogens is 320 g/mol. The first-order valence-corrected chi connectivity index (χ1v) is 8.40. The zero-order valence-electron chi connectivity index (χ0n) is 14.5. The number of rotatable bonds is 3. The Kier molecular flexibility index (Phi) is 3.75. The molecule has 2 aromatic heterocycles. The maximum Gasteiger partial charge on any atom is 0.290 e. The number of carbonyl (C=O) groups excluding carboxylic acids is 1. The largest absolute Gasteiger partial charge is 0.497 e. The normalized spacial score (nSPS) is 17.4. The highest BCUT2D eigenvalue weighted by molar-refractivity contribution is 5.99. The van der Waals surface area contributed by atoms with Crippen LogP contribution in [0.4, 0.5) is 0 Å². The van der Waals surface area contributed by atoms with E-state index >= 15 is 0 Å². The van der Waals surface area contributed by atoms with E-state index in [2.05, 4.69) is 5.16 Å². The number of nitrogens with zero attached hydrogens (tertiary/aromatic N) is 2. The summed E-state index contributed by atoms with van der Waals surface area (Å²) in [4.78, 5) is 14.9. The molecule has 1 amide bonds. The van der Waals surface area contributed by atoms with Crippen molar-refractivity contribution in [3.8, 4) is 5.75 Å². The number of fused-ring (bicyclic) bond motifs is 1. The molecule has 1 aromatic carbocycles. The molecule has 0 unspecified atom stereocenters. The van der Waals surface area contributed by atoms with Crippen LogP contribution >= 0.6 is 0 Å². The fourth-order valence-electron chi connectivity index (χ4n) is 3.51. The van der Waals surface area contributed by atoms with E-state index < -0.39 is 0 Å². The maximum absolute atomic E-state index is 13.1. The minimum Gasteiger partial charge on any atom is -0.497 e. The van der Waals surface area contributed by atoms with Gasteiger partial charge in [0.05, 0.1) is 18.8 Å². The average molecular weight is 340 g/mol. The quantitative estimate of drug-likeness (QED) is 0.720. The van der Waals surface area contributed by atoms with Gasteiger partial charge in [-0.05, 0) is 38.8 Å². The first-order chi connectivity index (χ1) is 12.1. The van der Waals surface area contributed by atoms with Crippen LogP contribution in [-0.4, -0.2) is 29.6 Å². The molecule has 0 bridgehead atoms. The first-order valence-electron chi connectivity index (χ1n) is 8.40. The number of benzene rings is 1. The van der Waals surface area contributed by atoms with E-state index in [9.17, 15) is 4.79 Å². The molecule has 6 heteroatoms. The first kappa shape index (κ1) is 15.7. The van der Waals surface area contributed by atoms with Crippen molar-refractivity contribution in [2.45, 2.75) is 32.7 Å². The number of likely N-dealkylation sites (tertiary alicyclic amines) is 1. The van der Waals surface area contributed by atoms with Crippen molar-refractivity contribution >= 4 is 16.9 Å².